The quantitative estimate of drug-likeness (QED) is 0.361. The fraction of sp³-hybridized carbons (Fsp3) is 0.500. The maximum Gasteiger partial charge on any atom is 0.275 e. The number of ether oxygens (including phenoxy) is 1. The van der Waals surface area contributed by atoms with Crippen molar-refractivity contribution in [1.29, 1.82) is 0 Å². The molecule has 36 heavy (non-hydrogen) atoms. The highest BCUT2D eigenvalue weighted by atomic mass is 16.5. The van der Waals surface area contributed by atoms with Crippen LogP contribution in [0.1, 0.15) is 58.4 Å². The fourth-order valence-corrected chi connectivity index (χ4v) is 5.35. The molecule has 6 nitrogen and oxygen atoms in total. The molecule has 1 N–H and O–H groups in total. The van der Waals surface area contributed by atoms with E-state index in [1.807, 2.05) is 33.2 Å². The highest BCUT2D eigenvalue weighted by Crippen LogP contribution is 2.25. The Balaban J connectivity index is 1.58. The monoisotopic (exact) mass is 490 g/mol. The van der Waals surface area contributed by atoms with E-state index in [1.165, 1.54) is 44.3 Å². The van der Waals surface area contributed by atoms with Crippen LogP contribution in [0.15, 0.2) is 59.8 Å². The second-order valence-electron chi connectivity index (χ2n) is 10.5. The van der Waals surface area contributed by atoms with Crippen molar-refractivity contribution < 1.29 is 4.74 Å². The van der Waals surface area contributed by atoms with Gasteiger partial charge in [0.1, 0.15) is 11.3 Å². The first-order valence-electron chi connectivity index (χ1n) is 13.4. The van der Waals surface area contributed by atoms with E-state index in [-0.39, 0.29) is 11.6 Å². The normalized spacial score (nSPS) is 16.5. The predicted molar refractivity (Wildman–Crippen MR) is 149 cm³/mol. The zero-order valence-electron chi connectivity index (χ0n) is 22.4. The molecule has 0 saturated carbocycles. The molecule has 0 unspecified atom stereocenters. The van der Waals surface area contributed by atoms with Crippen molar-refractivity contribution >= 4 is 5.52 Å². The van der Waals surface area contributed by atoms with Crippen molar-refractivity contribution in [1.82, 2.24) is 19.2 Å². The van der Waals surface area contributed by atoms with Crippen molar-refractivity contribution in [2.24, 2.45) is 0 Å². The number of hydrogen-bond donors (Lipinski definition) is 1. The average Bonchev–Trinajstić information content (AvgIpc) is 3.27. The van der Waals surface area contributed by atoms with Gasteiger partial charge in [-0.05, 0) is 89.7 Å². The number of unbranched alkanes of at least 4 members (excludes halogenated alkanes) is 1. The van der Waals surface area contributed by atoms with Crippen LogP contribution in [0.3, 0.4) is 0 Å². The average molecular weight is 491 g/mol. The number of rotatable bonds is 11. The maximum atomic E-state index is 13.7. The summed E-state index contributed by atoms with van der Waals surface area (Å²) in [6.07, 6.45) is 11.5. The summed E-state index contributed by atoms with van der Waals surface area (Å²) in [6, 6.07) is 10.9. The summed E-state index contributed by atoms with van der Waals surface area (Å²) in [5.41, 5.74) is 4.52. The molecule has 0 radical (unpaired) electrons. The van der Waals surface area contributed by atoms with E-state index >= 15 is 0 Å². The lowest BCUT2D eigenvalue weighted by atomic mass is 10.0. The van der Waals surface area contributed by atoms with Crippen LogP contribution in [0, 0.1) is 0 Å². The molecule has 1 aliphatic heterocycles. The molecule has 0 amide bonds. The lowest BCUT2D eigenvalue weighted by Crippen LogP contribution is -2.37. The van der Waals surface area contributed by atoms with Crippen molar-refractivity contribution in [3.63, 3.8) is 0 Å². The van der Waals surface area contributed by atoms with Crippen molar-refractivity contribution in [3.8, 4) is 17.0 Å². The minimum atomic E-state index is -0.00424. The Labute approximate surface area is 215 Å². The molecule has 0 spiro atoms. The number of piperidine rings is 1. The number of nitrogens with one attached hydrogen (secondary N) is 1. The van der Waals surface area contributed by atoms with E-state index in [0.29, 0.717) is 18.1 Å². The Hall–Kier alpha value is -2.99. The molecule has 4 rings (SSSR count). The Morgan fingerprint density at radius 1 is 1.19 bits per heavy atom. The second kappa shape index (κ2) is 11.8. The largest absolute Gasteiger partial charge is 0.497 e. The van der Waals surface area contributed by atoms with Crippen LogP contribution >= 0.6 is 0 Å². The summed E-state index contributed by atoms with van der Waals surface area (Å²) in [4.78, 5) is 16.4. The number of allylic oxidation sites excluding steroid dienone is 1. The van der Waals surface area contributed by atoms with E-state index < -0.39 is 0 Å². The van der Waals surface area contributed by atoms with Crippen molar-refractivity contribution in [2.45, 2.75) is 77.9 Å². The molecular weight excluding hydrogens is 448 g/mol. The topological polar surface area (TPSA) is 50.9 Å². The third-order valence-electron chi connectivity index (χ3n) is 7.23. The van der Waals surface area contributed by atoms with E-state index in [9.17, 15) is 4.79 Å². The number of aromatic nitrogens is 2. The number of nitrogens with zero attached hydrogens (tertiary/aromatic N) is 3. The summed E-state index contributed by atoms with van der Waals surface area (Å²) in [5.74, 6) is 0.766. The molecule has 3 heterocycles. The van der Waals surface area contributed by atoms with Gasteiger partial charge in [0.2, 0.25) is 0 Å². The van der Waals surface area contributed by atoms with Crippen LogP contribution in [0.4, 0.5) is 0 Å². The van der Waals surface area contributed by atoms with Gasteiger partial charge < -0.3 is 19.4 Å². The fourth-order valence-electron chi connectivity index (χ4n) is 5.35. The molecule has 0 aliphatic carbocycles. The Morgan fingerprint density at radius 2 is 2.03 bits per heavy atom. The van der Waals surface area contributed by atoms with Gasteiger partial charge in [0, 0.05) is 35.7 Å². The van der Waals surface area contributed by atoms with Gasteiger partial charge in [0.15, 0.2) is 0 Å². The van der Waals surface area contributed by atoms with E-state index in [0.717, 1.165) is 35.5 Å². The minimum absolute atomic E-state index is 0.00424. The standard InChI is InChI=1S/C30H42N4O2/c1-22(2)31-23(3)19-34-29(26-13-10-14-27(18-26)36-5)21-33-20-25(17-28(33)30(34)35)12-7-9-16-32-15-8-6-11-24(32)4/h10,13-14,17-18,20-22,24,31H,3,6-9,11-12,15-16,19H2,1-2,4-5H3/t24-/m1/s1. The smallest absolute Gasteiger partial charge is 0.275 e. The third kappa shape index (κ3) is 6.22. The van der Waals surface area contributed by atoms with E-state index in [4.69, 9.17) is 4.74 Å². The summed E-state index contributed by atoms with van der Waals surface area (Å²) in [5, 5.41) is 3.35. The molecule has 3 aromatic rings. The van der Waals surface area contributed by atoms with Crippen molar-refractivity contribution in [2.75, 3.05) is 20.2 Å². The van der Waals surface area contributed by atoms with Crippen molar-refractivity contribution in [3.05, 3.63) is 70.9 Å². The molecule has 2 aromatic heterocycles. The van der Waals surface area contributed by atoms with Gasteiger partial charge >= 0.3 is 0 Å². The SMILES string of the molecule is C=C(Cn1c(-c2cccc(OC)c2)cn2cc(CCCCN3CCCC[C@H]3C)cc2c1=O)NC(C)C. The minimum Gasteiger partial charge on any atom is -0.497 e. The number of aryl methyl sites for hydroxylation is 1. The molecule has 1 saturated heterocycles. The first-order valence-corrected chi connectivity index (χ1v) is 13.4. The van der Waals surface area contributed by atoms with Gasteiger partial charge in [0.25, 0.3) is 5.56 Å². The Morgan fingerprint density at radius 3 is 2.78 bits per heavy atom. The molecule has 1 aliphatic rings. The Kier molecular flexibility index (Phi) is 8.57. The van der Waals surface area contributed by atoms with Crippen LogP contribution in [0.25, 0.3) is 16.8 Å². The summed E-state index contributed by atoms with van der Waals surface area (Å²) in [6.45, 7) is 13.5. The highest BCUT2D eigenvalue weighted by molar-refractivity contribution is 5.64. The molecule has 194 valence electrons. The second-order valence-corrected chi connectivity index (χ2v) is 10.5. The number of fused-ring (bicyclic) bond motifs is 1. The first kappa shape index (κ1) is 26.1. The highest BCUT2D eigenvalue weighted by Gasteiger charge is 2.18. The number of methoxy groups -OCH3 is 1. The van der Waals surface area contributed by atoms with Gasteiger partial charge in [-0.15, -0.1) is 0 Å². The zero-order valence-corrected chi connectivity index (χ0v) is 22.4. The summed E-state index contributed by atoms with van der Waals surface area (Å²) in [7, 11) is 1.66. The van der Waals surface area contributed by atoms with Crippen LogP contribution in [0.5, 0.6) is 5.75 Å². The zero-order chi connectivity index (χ0) is 25.7. The molecular formula is C30H42N4O2. The van der Waals surface area contributed by atoms with Crippen LogP contribution in [-0.4, -0.2) is 46.2 Å². The lowest BCUT2D eigenvalue weighted by Gasteiger charge is -2.33. The Bertz CT molecular complexity index is 1240. The van der Waals surface area contributed by atoms with Crippen LogP contribution < -0.4 is 15.6 Å². The van der Waals surface area contributed by atoms with E-state index in [2.05, 4.69) is 56.0 Å². The summed E-state index contributed by atoms with van der Waals surface area (Å²) < 4.78 is 9.27. The molecule has 1 aromatic carbocycles. The van der Waals surface area contributed by atoms with E-state index in [1.54, 1.807) is 7.11 Å². The molecule has 6 heteroatoms. The first-order chi connectivity index (χ1) is 17.4. The number of likely N-dealkylation sites (tertiary alicyclic amines) is 1. The predicted octanol–water partition coefficient (Wildman–Crippen LogP) is 5.49. The molecule has 0 bridgehead atoms. The van der Waals surface area contributed by atoms with Gasteiger partial charge in [-0.25, -0.2) is 0 Å². The third-order valence-corrected chi connectivity index (χ3v) is 7.23. The van der Waals surface area contributed by atoms with Crippen LogP contribution in [-0.2, 0) is 13.0 Å². The van der Waals surface area contributed by atoms with Crippen LogP contribution in [0.2, 0.25) is 0 Å². The lowest BCUT2D eigenvalue weighted by molar-refractivity contribution is 0.158. The maximum absolute atomic E-state index is 13.7. The number of benzene rings is 1. The molecule has 1 atom stereocenters. The van der Waals surface area contributed by atoms with Gasteiger partial charge in [0.05, 0.1) is 19.3 Å². The van der Waals surface area contributed by atoms with Gasteiger partial charge in [-0.2, -0.15) is 0 Å². The van der Waals surface area contributed by atoms with Gasteiger partial charge in [-0.1, -0.05) is 25.1 Å². The number of hydrogen-bond acceptors (Lipinski definition) is 4. The van der Waals surface area contributed by atoms with Gasteiger partial charge in [-0.3, -0.25) is 9.36 Å². The molecule has 1 fully saturated rings. The summed E-state index contributed by atoms with van der Waals surface area (Å²) >= 11 is 0.